The summed E-state index contributed by atoms with van der Waals surface area (Å²) in [6, 6.07) is 16.1. The lowest BCUT2D eigenvalue weighted by Gasteiger charge is -2.10. The van der Waals surface area contributed by atoms with Gasteiger partial charge in [0.15, 0.2) is 0 Å². The molecule has 0 aliphatic rings. The van der Waals surface area contributed by atoms with Crippen molar-refractivity contribution in [1.82, 2.24) is 4.98 Å². The lowest BCUT2D eigenvalue weighted by atomic mass is 9.93. The summed E-state index contributed by atoms with van der Waals surface area (Å²) in [5.74, 6) is 0.812. The second kappa shape index (κ2) is 6.48. The molecule has 0 saturated carbocycles. The zero-order valence-corrected chi connectivity index (χ0v) is 12.6. The largest absolute Gasteiger partial charge is 0.497 e. The van der Waals surface area contributed by atoms with E-state index >= 15 is 0 Å². The molecular weight excluding hydrogens is 274 g/mol. The molecule has 3 aromatic rings. The Hall–Kier alpha value is -2.55. The maximum absolute atomic E-state index is 11.5. The quantitative estimate of drug-likeness (QED) is 0.703. The number of carbonyl (C=O) groups is 1. The third kappa shape index (κ3) is 3.03. The molecule has 3 nitrogen and oxygen atoms in total. The molecule has 1 aromatic heterocycles. The SMILES string of the molecule is COc1ccc2[nH]cc(C[C@@H](C=O)Cc3ccccc3)c2c1. The average Bonchev–Trinajstić information content (AvgIpc) is 2.97. The monoisotopic (exact) mass is 293 g/mol. The summed E-state index contributed by atoms with van der Waals surface area (Å²) in [6.07, 6.45) is 4.55. The van der Waals surface area contributed by atoms with Crippen molar-refractivity contribution in [2.45, 2.75) is 12.8 Å². The number of nitrogens with one attached hydrogen (secondary N) is 1. The van der Waals surface area contributed by atoms with E-state index in [2.05, 4.69) is 17.1 Å². The Morgan fingerprint density at radius 1 is 1.14 bits per heavy atom. The minimum Gasteiger partial charge on any atom is -0.497 e. The highest BCUT2D eigenvalue weighted by atomic mass is 16.5. The summed E-state index contributed by atoms with van der Waals surface area (Å²) in [5, 5.41) is 1.12. The zero-order valence-electron chi connectivity index (χ0n) is 12.6. The number of carbonyl (C=O) groups excluding carboxylic acids is 1. The van der Waals surface area contributed by atoms with Crippen LogP contribution in [0.2, 0.25) is 0 Å². The molecule has 0 unspecified atom stereocenters. The predicted molar refractivity (Wildman–Crippen MR) is 88.3 cm³/mol. The Bertz CT molecular complexity index is 761. The van der Waals surface area contributed by atoms with Crippen LogP contribution in [0.5, 0.6) is 5.75 Å². The number of ether oxygens (including phenoxy) is 1. The number of rotatable bonds is 6. The molecule has 0 amide bonds. The van der Waals surface area contributed by atoms with Crippen molar-refractivity contribution in [3.63, 3.8) is 0 Å². The van der Waals surface area contributed by atoms with E-state index in [0.29, 0.717) is 0 Å². The van der Waals surface area contributed by atoms with E-state index < -0.39 is 0 Å². The van der Waals surface area contributed by atoms with Crippen molar-refractivity contribution in [1.29, 1.82) is 0 Å². The molecule has 0 aliphatic carbocycles. The number of benzene rings is 2. The zero-order chi connectivity index (χ0) is 15.4. The highest BCUT2D eigenvalue weighted by Crippen LogP contribution is 2.26. The van der Waals surface area contributed by atoms with Crippen molar-refractivity contribution in [3.8, 4) is 5.75 Å². The Balaban J connectivity index is 1.83. The van der Waals surface area contributed by atoms with Gasteiger partial charge in [-0.25, -0.2) is 0 Å². The van der Waals surface area contributed by atoms with Crippen LogP contribution < -0.4 is 4.74 Å². The van der Waals surface area contributed by atoms with Crippen LogP contribution in [0.4, 0.5) is 0 Å². The second-order valence-corrected chi connectivity index (χ2v) is 5.52. The van der Waals surface area contributed by atoms with Gasteiger partial charge in [0.1, 0.15) is 12.0 Å². The van der Waals surface area contributed by atoms with Gasteiger partial charge in [-0.3, -0.25) is 0 Å². The number of aromatic amines is 1. The van der Waals surface area contributed by atoms with Gasteiger partial charge in [-0.1, -0.05) is 30.3 Å². The van der Waals surface area contributed by atoms with Gasteiger partial charge in [-0.05, 0) is 42.2 Å². The number of methoxy groups -OCH3 is 1. The Morgan fingerprint density at radius 3 is 2.68 bits per heavy atom. The number of aromatic nitrogens is 1. The predicted octanol–water partition coefficient (Wildman–Crippen LogP) is 3.78. The van der Waals surface area contributed by atoms with Gasteiger partial charge in [-0.2, -0.15) is 0 Å². The maximum Gasteiger partial charge on any atom is 0.123 e. The van der Waals surface area contributed by atoms with Gasteiger partial charge in [0.2, 0.25) is 0 Å². The van der Waals surface area contributed by atoms with Crippen molar-refractivity contribution >= 4 is 17.2 Å². The fourth-order valence-electron chi connectivity index (χ4n) is 2.82. The third-order valence-corrected chi connectivity index (χ3v) is 3.99. The Labute approximate surface area is 129 Å². The fraction of sp³-hybridized carbons (Fsp3) is 0.211. The summed E-state index contributed by atoms with van der Waals surface area (Å²) < 4.78 is 5.29. The molecule has 1 N–H and O–H groups in total. The molecular formula is C19H19NO2. The molecule has 1 heterocycles. The summed E-state index contributed by atoms with van der Waals surface area (Å²) >= 11 is 0. The van der Waals surface area contributed by atoms with Crippen LogP contribution in [-0.2, 0) is 17.6 Å². The normalized spacial score (nSPS) is 12.2. The molecule has 0 fully saturated rings. The van der Waals surface area contributed by atoms with Gasteiger partial charge in [0, 0.05) is 23.0 Å². The first-order valence-corrected chi connectivity index (χ1v) is 7.43. The fourth-order valence-corrected chi connectivity index (χ4v) is 2.82. The molecule has 3 heteroatoms. The molecule has 22 heavy (non-hydrogen) atoms. The minimum absolute atomic E-state index is 0.0207. The number of hydrogen-bond acceptors (Lipinski definition) is 2. The van der Waals surface area contributed by atoms with Crippen molar-refractivity contribution in [2.75, 3.05) is 7.11 Å². The lowest BCUT2D eigenvalue weighted by Crippen LogP contribution is -2.09. The van der Waals surface area contributed by atoms with Crippen molar-refractivity contribution in [2.24, 2.45) is 5.92 Å². The molecule has 1 atom stereocenters. The highest BCUT2D eigenvalue weighted by molar-refractivity contribution is 5.85. The second-order valence-electron chi connectivity index (χ2n) is 5.52. The Morgan fingerprint density at radius 2 is 1.95 bits per heavy atom. The lowest BCUT2D eigenvalue weighted by molar-refractivity contribution is -0.111. The molecule has 3 rings (SSSR count). The van der Waals surface area contributed by atoms with Crippen LogP contribution in [0, 0.1) is 5.92 Å². The van der Waals surface area contributed by atoms with E-state index in [0.717, 1.165) is 41.3 Å². The van der Waals surface area contributed by atoms with Crippen LogP contribution in [0.25, 0.3) is 10.9 Å². The van der Waals surface area contributed by atoms with E-state index in [4.69, 9.17) is 4.74 Å². The third-order valence-electron chi connectivity index (χ3n) is 3.99. The molecule has 0 spiro atoms. The van der Waals surface area contributed by atoms with E-state index in [1.807, 2.05) is 42.6 Å². The maximum atomic E-state index is 11.5. The first-order valence-electron chi connectivity index (χ1n) is 7.43. The molecule has 2 aromatic carbocycles. The number of aldehydes is 1. The van der Waals surface area contributed by atoms with Crippen molar-refractivity contribution in [3.05, 3.63) is 65.9 Å². The standard InChI is InChI=1S/C19H19NO2/c1-22-17-7-8-19-18(11-17)16(12-20-19)10-15(13-21)9-14-5-3-2-4-6-14/h2-8,11-13,15,20H,9-10H2,1H3/t15-/m0/s1. The summed E-state index contributed by atoms with van der Waals surface area (Å²) in [6.45, 7) is 0. The molecule has 0 bridgehead atoms. The summed E-state index contributed by atoms with van der Waals surface area (Å²) in [4.78, 5) is 14.7. The molecule has 0 aliphatic heterocycles. The van der Waals surface area contributed by atoms with Crippen LogP contribution in [0.1, 0.15) is 11.1 Å². The summed E-state index contributed by atoms with van der Waals surface area (Å²) in [7, 11) is 1.66. The number of H-pyrrole nitrogens is 1. The van der Waals surface area contributed by atoms with Gasteiger partial charge < -0.3 is 14.5 Å². The van der Waals surface area contributed by atoms with Gasteiger partial charge in [0.25, 0.3) is 0 Å². The van der Waals surface area contributed by atoms with Crippen LogP contribution in [0.3, 0.4) is 0 Å². The van der Waals surface area contributed by atoms with E-state index in [9.17, 15) is 4.79 Å². The Kier molecular flexibility index (Phi) is 4.24. The van der Waals surface area contributed by atoms with Crippen LogP contribution in [0.15, 0.2) is 54.7 Å². The van der Waals surface area contributed by atoms with Crippen molar-refractivity contribution < 1.29 is 9.53 Å². The molecule has 0 saturated heterocycles. The average molecular weight is 293 g/mol. The number of hydrogen-bond donors (Lipinski definition) is 1. The van der Waals surface area contributed by atoms with Gasteiger partial charge in [-0.15, -0.1) is 0 Å². The van der Waals surface area contributed by atoms with Crippen LogP contribution in [-0.4, -0.2) is 18.4 Å². The molecule has 0 radical (unpaired) electrons. The number of fused-ring (bicyclic) bond motifs is 1. The minimum atomic E-state index is -0.0207. The molecule has 112 valence electrons. The van der Waals surface area contributed by atoms with Gasteiger partial charge in [0.05, 0.1) is 7.11 Å². The first kappa shape index (κ1) is 14.4. The smallest absolute Gasteiger partial charge is 0.123 e. The highest BCUT2D eigenvalue weighted by Gasteiger charge is 2.13. The van der Waals surface area contributed by atoms with E-state index in [1.165, 1.54) is 5.56 Å². The van der Waals surface area contributed by atoms with Crippen LogP contribution >= 0.6 is 0 Å². The van der Waals surface area contributed by atoms with E-state index in [-0.39, 0.29) is 5.92 Å². The first-order chi connectivity index (χ1) is 10.8. The van der Waals surface area contributed by atoms with Gasteiger partial charge >= 0.3 is 0 Å². The summed E-state index contributed by atoms with van der Waals surface area (Å²) in [5.41, 5.74) is 3.42. The topological polar surface area (TPSA) is 42.1 Å². The van der Waals surface area contributed by atoms with E-state index in [1.54, 1.807) is 7.11 Å².